The molecule has 1 aromatic heterocycles. The fourth-order valence-electron chi connectivity index (χ4n) is 2.37. The third kappa shape index (κ3) is 2.22. The third-order valence-electron chi connectivity index (χ3n) is 3.55. The minimum absolute atomic E-state index is 0.246. The summed E-state index contributed by atoms with van der Waals surface area (Å²) in [6, 6.07) is 9.03. The Morgan fingerprint density at radius 2 is 2.10 bits per heavy atom. The van der Waals surface area contributed by atoms with Crippen LogP contribution in [0.25, 0.3) is 20.2 Å². The molecular weight excluding hydrogens is 291 g/mol. The topological polar surface area (TPSA) is 66.6 Å². The molecule has 0 saturated carbocycles. The number of amides is 2. The summed E-state index contributed by atoms with van der Waals surface area (Å²) in [5.41, 5.74) is 5.79. The molecule has 2 amide bonds. The molecule has 0 fully saturated rings. The Balaban J connectivity index is 2.15. The van der Waals surface area contributed by atoms with Gasteiger partial charge in [-0.3, -0.25) is 5.21 Å². The molecule has 0 bridgehead atoms. The van der Waals surface area contributed by atoms with E-state index in [4.69, 9.17) is 5.73 Å². The van der Waals surface area contributed by atoms with Crippen LogP contribution in [0.3, 0.4) is 0 Å². The van der Waals surface area contributed by atoms with Crippen molar-refractivity contribution in [1.29, 1.82) is 0 Å². The van der Waals surface area contributed by atoms with Gasteiger partial charge in [0.25, 0.3) is 0 Å². The van der Waals surface area contributed by atoms with Crippen LogP contribution in [-0.4, -0.2) is 16.3 Å². The van der Waals surface area contributed by atoms with E-state index in [0.29, 0.717) is 9.76 Å². The van der Waals surface area contributed by atoms with Crippen LogP contribution in [0, 0.1) is 5.82 Å². The minimum Gasteiger partial charge on any atom is -0.350 e. The van der Waals surface area contributed by atoms with E-state index in [2.05, 4.69) is 0 Å². The lowest BCUT2D eigenvalue weighted by molar-refractivity contribution is -0.0709. The van der Waals surface area contributed by atoms with E-state index in [1.807, 2.05) is 18.2 Å². The first-order chi connectivity index (χ1) is 9.99. The van der Waals surface area contributed by atoms with Gasteiger partial charge in [-0.15, -0.1) is 11.3 Å². The van der Waals surface area contributed by atoms with Gasteiger partial charge >= 0.3 is 6.03 Å². The van der Waals surface area contributed by atoms with Crippen molar-refractivity contribution in [2.45, 2.75) is 13.0 Å². The maximum absolute atomic E-state index is 13.8. The Bertz CT molecular complexity index is 846. The lowest BCUT2D eigenvalue weighted by atomic mass is 10.1. The van der Waals surface area contributed by atoms with Gasteiger partial charge in [-0.05, 0) is 24.6 Å². The first-order valence-corrected chi connectivity index (χ1v) is 7.19. The van der Waals surface area contributed by atoms with Gasteiger partial charge < -0.3 is 5.73 Å². The molecule has 4 nitrogen and oxygen atoms in total. The molecule has 1 unspecified atom stereocenters. The Hall–Kier alpha value is -2.18. The number of hydrogen-bond donors (Lipinski definition) is 2. The molecule has 3 rings (SSSR count). The second-order valence-electron chi connectivity index (χ2n) is 4.83. The SMILES string of the molecule is CC(c1ccc2c(c1)sc1c(F)cccc12)N(O)C(N)=O. The molecule has 1 atom stereocenters. The van der Waals surface area contributed by atoms with Crippen LogP contribution in [0.5, 0.6) is 0 Å². The first-order valence-electron chi connectivity index (χ1n) is 6.37. The second-order valence-corrected chi connectivity index (χ2v) is 5.89. The summed E-state index contributed by atoms with van der Waals surface area (Å²) in [6.45, 7) is 1.67. The van der Waals surface area contributed by atoms with Gasteiger partial charge in [0.1, 0.15) is 5.82 Å². The van der Waals surface area contributed by atoms with Gasteiger partial charge in [0.05, 0.1) is 10.7 Å². The third-order valence-corrected chi connectivity index (χ3v) is 4.73. The monoisotopic (exact) mass is 304 g/mol. The number of benzene rings is 2. The molecule has 2 aromatic carbocycles. The maximum atomic E-state index is 13.8. The summed E-state index contributed by atoms with van der Waals surface area (Å²) >= 11 is 1.35. The van der Waals surface area contributed by atoms with Crippen molar-refractivity contribution < 1.29 is 14.4 Å². The molecular formula is C15H13FN2O2S. The Morgan fingerprint density at radius 1 is 1.33 bits per heavy atom. The van der Waals surface area contributed by atoms with Crippen molar-refractivity contribution in [3.05, 3.63) is 47.8 Å². The van der Waals surface area contributed by atoms with Gasteiger partial charge in [0, 0.05) is 15.5 Å². The number of halogens is 1. The van der Waals surface area contributed by atoms with Crippen LogP contribution in [-0.2, 0) is 0 Å². The zero-order valence-corrected chi connectivity index (χ0v) is 12.0. The van der Waals surface area contributed by atoms with Gasteiger partial charge in [0.2, 0.25) is 0 Å². The predicted molar refractivity (Wildman–Crippen MR) is 80.9 cm³/mol. The van der Waals surface area contributed by atoms with Crippen LogP contribution < -0.4 is 5.73 Å². The number of urea groups is 1. The number of carbonyl (C=O) groups excluding carboxylic acids is 1. The van der Waals surface area contributed by atoms with Crippen molar-refractivity contribution in [1.82, 2.24) is 5.06 Å². The van der Waals surface area contributed by atoms with Crippen molar-refractivity contribution in [2.24, 2.45) is 5.73 Å². The molecule has 0 aliphatic carbocycles. The Labute approximate surface area is 124 Å². The molecule has 1 heterocycles. The molecule has 6 heteroatoms. The number of thiophene rings is 1. The largest absolute Gasteiger partial charge is 0.350 e. The van der Waals surface area contributed by atoms with Crippen molar-refractivity contribution in [3.63, 3.8) is 0 Å². The smallest absolute Gasteiger partial charge is 0.339 e. The van der Waals surface area contributed by atoms with Crippen LogP contribution in [0.2, 0.25) is 0 Å². The number of hydroxylamine groups is 2. The van der Waals surface area contributed by atoms with Crippen LogP contribution in [0.15, 0.2) is 36.4 Å². The van der Waals surface area contributed by atoms with E-state index in [-0.39, 0.29) is 5.82 Å². The molecule has 0 radical (unpaired) electrons. The normalized spacial score (nSPS) is 12.7. The molecule has 108 valence electrons. The Kier molecular flexibility index (Phi) is 3.27. The average molecular weight is 304 g/mol. The highest BCUT2D eigenvalue weighted by Gasteiger charge is 2.18. The number of fused-ring (bicyclic) bond motifs is 3. The first kappa shape index (κ1) is 13.8. The number of nitrogens with zero attached hydrogens (tertiary/aromatic N) is 1. The number of carbonyl (C=O) groups is 1. The fraction of sp³-hybridized carbons (Fsp3) is 0.133. The van der Waals surface area contributed by atoms with E-state index >= 15 is 0 Å². The van der Waals surface area contributed by atoms with E-state index < -0.39 is 12.1 Å². The van der Waals surface area contributed by atoms with Crippen LogP contribution >= 0.6 is 11.3 Å². The maximum Gasteiger partial charge on any atom is 0.339 e. The van der Waals surface area contributed by atoms with E-state index in [9.17, 15) is 14.4 Å². The zero-order chi connectivity index (χ0) is 15.1. The predicted octanol–water partition coefficient (Wildman–Crippen LogP) is 4.02. The van der Waals surface area contributed by atoms with Crippen molar-refractivity contribution >= 4 is 37.5 Å². The zero-order valence-electron chi connectivity index (χ0n) is 11.2. The van der Waals surface area contributed by atoms with E-state index in [1.54, 1.807) is 19.1 Å². The van der Waals surface area contributed by atoms with Gasteiger partial charge in [0.15, 0.2) is 0 Å². The molecule has 3 aromatic rings. The summed E-state index contributed by atoms with van der Waals surface area (Å²) in [6.07, 6.45) is 0. The van der Waals surface area contributed by atoms with Crippen molar-refractivity contribution in [2.75, 3.05) is 0 Å². The molecule has 0 spiro atoms. The summed E-state index contributed by atoms with van der Waals surface area (Å²) in [5, 5.41) is 11.9. The van der Waals surface area contributed by atoms with E-state index in [0.717, 1.165) is 21.0 Å². The highest BCUT2D eigenvalue weighted by atomic mass is 32.1. The molecule has 21 heavy (non-hydrogen) atoms. The lowest BCUT2D eigenvalue weighted by Gasteiger charge is -2.20. The Morgan fingerprint density at radius 3 is 2.81 bits per heavy atom. The number of primary amides is 1. The number of nitrogens with two attached hydrogens (primary N) is 1. The quantitative estimate of drug-likeness (QED) is 0.554. The van der Waals surface area contributed by atoms with Crippen LogP contribution in [0.4, 0.5) is 9.18 Å². The van der Waals surface area contributed by atoms with E-state index in [1.165, 1.54) is 17.4 Å². The van der Waals surface area contributed by atoms with Crippen LogP contribution in [0.1, 0.15) is 18.5 Å². The van der Waals surface area contributed by atoms with Gasteiger partial charge in [-0.1, -0.05) is 24.3 Å². The lowest BCUT2D eigenvalue weighted by Crippen LogP contribution is -2.34. The summed E-state index contributed by atoms with van der Waals surface area (Å²) in [5.74, 6) is -0.246. The average Bonchev–Trinajstić information content (AvgIpc) is 2.85. The summed E-state index contributed by atoms with van der Waals surface area (Å²) in [4.78, 5) is 11.0. The molecule has 0 saturated heterocycles. The summed E-state index contributed by atoms with van der Waals surface area (Å²) < 4.78 is 15.3. The minimum atomic E-state index is -0.912. The highest BCUT2D eigenvalue weighted by Crippen LogP contribution is 2.36. The molecule has 0 aliphatic heterocycles. The standard InChI is InChI=1S/C15H13FN2O2S/c1-8(18(20)15(17)19)9-5-6-10-11-3-2-4-12(16)14(11)21-13(10)7-9/h2-8,20H,1H3,(H2,17,19). The fourth-order valence-corrected chi connectivity index (χ4v) is 3.53. The second kappa shape index (κ2) is 4.98. The van der Waals surface area contributed by atoms with Gasteiger partial charge in [-0.2, -0.15) is 5.06 Å². The summed E-state index contributed by atoms with van der Waals surface area (Å²) in [7, 11) is 0. The highest BCUT2D eigenvalue weighted by molar-refractivity contribution is 7.25. The van der Waals surface area contributed by atoms with Crippen molar-refractivity contribution in [3.8, 4) is 0 Å². The number of hydrogen-bond acceptors (Lipinski definition) is 3. The number of rotatable bonds is 2. The van der Waals surface area contributed by atoms with Gasteiger partial charge in [-0.25, -0.2) is 9.18 Å². The molecule has 0 aliphatic rings. The molecule has 3 N–H and O–H groups in total.